The van der Waals surface area contributed by atoms with E-state index >= 15 is 0 Å². The van der Waals surface area contributed by atoms with E-state index in [9.17, 15) is 4.79 Å². The molecule has 2 aromatic rings. The summed E-state index contributed by atoms with van der Waals surface area (Å²) in [5.74, 6) is 0.0323. The normalized spacial score (nSPS) is 10.8. The van der Waals surface area contributed by atoms with Crippen LogP contribution in [0.1, 0.15) is 17.7 Å². The number of carbonyl (C=O) groups excluding carboxylic acids is 1. The van der Waals surface area contributed by atoms with Crippen molar-refractivity contribution in [3.05, 3.63) is 41.6 Å². The molecular weight excluding hydrogens is 252 g/mol. The summed E-state index contributed by atoms with van der Waals surface area (Å²) >= 11 is 0. The van der Waals surface area contributed by atoms with E-state index in [0.29, 0.717) is 19.4 Å². The number of carbonyl (C=O) groups is 1. The van der Waals surface area contributed by atoms with Crippen LogP contribution in [-0.4, -0.2) is 41.1 Å². The van der Waals surface area contributed by atoms with Crippen LogP contribution in [0, 0.1) is 6.92 Å². The largest absolute Gasteiger partial charge is 0.395 e. The zero-order chi connectivity index (χ0) is 14.5. The maximum absolute atomic E-state index is 11.8. The number of benzene rings is 1. The molecule has 0 atom stereocenters. The van der Waals surface area contributed by atoms with E-state index < -0.39 is 0 Å². The van der Waals surface area contributed by atoms with Crippen molar-refractivity contribution in [3.63, 3.8) is 0 Å². The Morgan fingerprint density at radius 1 is 1.30 bits per heavy atom. The van der Waals surface area contributed by atoms with Gasteiger partial charge in [0, 0.05) is 31.1 Å². The van der Waals surface area contributed by atoms with Gasteiger partial charge < -0.3 is 10.0 Å². The van der Waals surface area contributed by atoms with Crippen LogP contribution in [-0.2, 0) is 11.2 Å². The molecule has 1 heterocycles. The van der Waals surface area contributed by atoms with Crippen LogP contribution >= 0.6 is 0 Å². The summed E-state index contributed by atoms with van der Waals surface area (Å²) in [7, 11) is 1.70. The number of fused-ring (bicyclic) bond motifs is 1. The van der Waals surface area contributed by atoms with Gasteiger partial charge in [-0.15, -0.1) is 0 Å². The van der Waals surface area contributed by atoms with Crippen molar-refractivity contribution in [1.82, 2.24) is 9.88 Å². The average Bonchev–Trinajstić information content (AvgIpc) is 2.44. The number of nitrogens with zero attached hydrogens (tertiary/aromatic N) is 2. The highest BCUT2D eigenvalue weighted by molar-refractivity contribution is 5.79. The number of hydrogen-bond donors (Lipinski definition) is 1. The van der Waals surface area contributed by atoms with Crippen molar-refractivity contribution in [2.24, 2.45) is 0 Å². The number of aliphatic hydroxyl groups excluding tert-OH is 1. The lowest BCUT2D eigenvalue weighted by atomic mass is 10.1. The number of pyridine rings is 1. The molecule has 0 aliphatic heterocycles. The summed E-state index contributed by atoms with van der Waals surface area (Å²) < 4.78 is 0. The Balaban J connectivity index is 2.03. The fourth-order valence-corrected chi connectivity index (χ4v) is 2.13. The molecule has 106 valence electrons. The Hall–Kier alpha value is -1.94. The fraction of sp³-hybridized carbons (Fsp3) is 0.375. The molecule has 0 bridgehead atoms. The van der Waals surface area contributed by atoms with Gasteiger partial charge in [0.25, 0.3) is 0 Å². The van der Waals surface area contributed by atoms with Crippen molar-refractivity contribution < 1.29 is 9.90 Å². The zero-order valence-electron chi connectivity index (χ0n) is 12.0. The summed E-state index contributed by atoms with van der Waals surface area (Å²) in [6.07, 6.45) is 1.04. The minimum absolute atomic E-state index is 0.00415. The molecule has 0 saturated carbocycles. The first-order valence-corrected chi connectivity index (χ1v) is 6.81. The van der Waals surface area contributed by atoms with E-state index in [1.807, 2.05) is 24.3 Å². The van der Waals surface area contributed by atoms with Gasteiger partial charge in [-0.3, -0.25) is 9.78 Å². The van der Waals surface area contributed by atoms with Gasteiger partial charge in [-0.2, -0.15) is 0 Å². The van der Waals surface area contributed by atoms with Gasteiger partial charge >= 0.3 is 0 Å². The lowest BCUT2D eigenvalue weighted by Gasteiger charge is -2.15. The minimum Gasteiger partial charge on any atom is -0.395 e. The van der Waals surface area contributed by atoms with Gasteiger partial charge in [-0.05, 0) is 31.5 Å². The predicted octanol–water partition coefficient (Wildman–Crippen LogP) is 1.93. The third kappa shape index (κ3) is 3.54. The van der Waals surface area contributed by atoms with Crippen LogP contribution in [0.15, 0.2) is 30.3 Å². The standard InChI is InChI=1S/C16H20N2O2/c1-12-3-7-15-13(11-12)4-5-14(17-15)6-8-16(20)18(2)9-10-19/h3-5,7,11,19H,6,8-10H2,1-2H3. The van der Waals surface area contributed by atoms with Crippen LogP contribution < -0.4 is 0 Å². The number of aromatic nitrogens is 1. The molecule has 1 N–H and O–H groups in total. The monoisotopic (exact) mass is 272 g/mol. The summed E-state index contributed by atoms with van der Waals surface area (Å²) in [5, 5.41) is 9.93. The van der Waals surface area contributed by atoms with Crippen molar-refractivity contribution in [2.45, 2.75) is 19.8 Å². The van der Waals surface area contributed by atoms with Crippen molar-refractivity contribution in [2.75, 3.05) is 20.2 Å². The fourth-order valence-electron chi connectivity index (χ4n) is 2.13. The maximum atomic E-state index is 11.8. The Labute approximate surface area is 119 Å². The van der Waals surface area contributed by atoms with E-state index in [1.165, 1.54) is 5.56 Å². The van der Waals surface area contributed by atoms with Gasteiger partial charge in [0.05, 0.1) is 12.1 Å². The summed E-state index contributed by atoms with van der Waals surface area (Å²) in [4.78, 5) is 17.9. The van der Waals surface area contributed by atoms with Crippen molar-refractivity contribution in [3.8, 4) is 0 Å². The first-order valence-electron chi connectivity index (χ1n) is 6.81. The number of rotatable bonds is 5. The molecule has 0 saturated heterocycles. The van der Waals surface area contributed by atoms with Crippen molar-refractivity contribution in [1.29, 1.82) is 0 Å². The maximum Gasteiger partial charge on any atom is 0.222 e. The SMILES string of the molecule is Cc1ccc2nc(CCC(=O)N(C)CCO)ccc2c1. The molecule has 1 aromatic heterocycles. The average molecular weight is 272 g/mol. The van der Waals surface area contributed by atoms with E-state index in [-0.39, 0.29) is 12.5 Å². The highest BCUT2D eigenvalue weighted by Gasteiger charge is 2.08. The second-order valence-corrected chi connectivity index (χ2v) is 5.04. The Morgan fingerprint density at radius 3 is 2.85 bits per heavy atom. The number of aryl methyl sites for hydroxylation is 2. The second-order valence-electron chi connectivity index (χ2n) is 5.04. The van der Waals surface area contributed by atoms with Crippen molar-refractivity contribution >= 4 is 16.8 Å². The van der Waals surface area contributed by atoms with Gasteiger partial charge in [0.1, 0.15) is 0 Å². The lowest BCUT2D eigenvalue weighted by Crippen LogP contribution is -2.29. The van der Waals surface area contributed by atoms with Gasteiger partial charge in [-0.1, -0.05) is 17.7 Å². The Morgan fingerprint density at radius 2 is 2.10 bits per heavy atom. The van der Waals surface area contributed by atoms with Crippen LogP contribution in [0.2, 0.25) is 0 Å². The topological polar surface area (TPSA) is 53.4 Å². The zero-order valence-corrected chi connectivity index (χ0v) is 12.0. The molecule has 0 unspecified atom stereocenters. The molecule has 0 aliphatic rings. The third-order valence-electron chi connectivity index (χ3n) is 3.36. The molecule has 4 heteroatoms. The van der Waals surface area contributed by atoms with E-state index in [0.717, 1.165) is 16.6 Å². The molecule has 4 nitrogen and oxygen atoms in total. The lowest BCUT2D eigenvalue weighted by molar-refractivity contribution is -0.130. The minimum atomic E-state index is -0.00415. The van der Waals surface area contributed by atoms with E-state index in [2.05, 4.69) is 18.0 Å². The first-order chi connectivity index (χ1) is 9.60. The molecule has 1 amide bonds. The van der Waals surface area contributed by atoms with E-state index in [1.54, 1.807) is 11.9 Å². The van der Waals surface area contributed by atoms with Gasteiger partial charge in [0.15, 0.2) is 0 Å². The molecule has 0 spiro atoms. The first kappa shape index (κ1) is 14.5. The van der Waals surface area contributed by atoms with Crippen LogP contribution in [0.4, 0.5) is 0 Å². The smallest absolute Gasteiger partial charge is 0.222 e. The highest BCUT2D eigenvalue weighted by atomic mass is 16.3. The summed E-state index contributed by atoms with van der Waals surface area (Å²) in [6.45, 7) is 2.43. The third-order valence-corrected chi connectivity index (χ3v) is 3.36. The molecule has 2 rings (SSSR count). The highest BCUT2D eigenvalue weighted by Crippen LogP contribution is 2.15. The van der Waals surface area contributed by atoms with Crippen LogP contribution in [0.25, 0.3) is 10.9 Å². The quantitative estimate of drug-likeness (QED) is 0.905. The van der Waals surface area contributed by atoms with E-state index in [4.69, 9.17) is 5.11 Å². The molecular formula is C16H20N2O2. The number of likely N-dealkylation sites (N-methyl/N-ethyl adjacent to an activating group) is 1. The van der Waals surface area contributed by atoms with Gasteiger partial charge in [0.2, 0.25) is 5.91 Å². The molecule has 20 heavy (non-hydrogen) atoms. The summed E-state index contributed by atoms with van der Waals surface area (Å²) in [6, 6.07) is 10.2. The second kappa shape index (κ2) is 6.48. The molecule has 0 radical (unpaired) electrons. The number of hydrogen-bond acceptors (Lipinski definition) is 3. The Bertz CT molecular complexity index is 610. The molecule has 0 aliphatic carbocycles. The summed E-state index contributed by atoms with van der Waals surface area (Å²) in [5.41, 5.74) is 3.10. The predicted molar refractivity (Wildman–Crippen MR) is 79.5 cm³/mol. The molecule has 0 fully saturated rings. The van der Waals surface area contributed by atoms with Crippen LogP contribution in [0.5, 0.6) is 0 Å². The molecule has 1 aromatic carbocycles. The Kier molecular flexibility index (Phi) is 4.69. The van der Waals surface area contributed by atoms with Gasteiger partial charge in [-0.25, -0.2) is 0 Å². The van der Waals surface area contributed by atoms with Crippen LogP contribution in [0.3, 0.4) is 0 Å². The number of aliphatic hydroxyl groups is 1. The number of amides is 1.